The fourth-order valence-corrected chi connectivity index (χ4v) is 1.15. The minimum Gasteiger partial charge on any atom is -0.477 e. The molecule has 0 atom stereocenters. The molecule has 0 aliphatic rings. The molecule has 0 spiro atoms. The van der Waals surface area contributed by atoms with Crippen molar-refractivity contribution >= 4 is 17.6 Å². The van der Waals surface area contributed by atoms with Crippen molar-refractivity contribution in [3.63, 3.8) is 0 Å². The first-order chi connectivity index (χ1) is 7.13. The van der Waals surface area contributed by atoms with Gasteiger partial charge in [0.25, 0.3) is 0 Å². The molecule has 0 radical (unpaired) electrons. The molecule has 0 bridgehead atoms. The Morgan fingerprint density at radius 1 is 1.60 bits per heavy atom. The summed E-state index contributed by atoms with van der Waals surface area (Å²) in [6.45, 7) is 2.73. The fraction of sp³-hybridized carbons (Fsp3) is 0.444. The number of nitrogens with zero attached hydrogens (tertiary/aromatic N) is 2. The molecule has 6 heteroatoms. The van der Waals surface area contributed by atoms with E-state index in [2.05, 4.69) is 9.97 Å². The zero-order valence-corrected chi connectivity index (χ0v) is 8.99. The standard InChI is InChI=1S/C9H11ClN2O3/c1-2-3-15-5-8-11-6(9(13)14)4-7(10)12-8/h4H,2-3,5H2,1H3,(H,13,14). The molecular weight excluding hydrogens is 220 g/mol. The van der Waals surface area contributed by atoms with Gasteiger partial charge in [-0.15, -0.1) is 0 Å². The smallest absolute Gasteiger partial charge is 0.354 e. The van der Waals surface area contributed by atoms with E-state index in [1.165, 1.54) is 6.07 Å². The molecule has 1 N–H and O–H groups in total. The van der Waals surface area contributed by atoms with E-state index in [1.807, 2.05) is 6.92 Å². The maximum absolute atomic E-state index is 10.6. The highest BCUT2D eigenvalue weighted by Gasteiger charge is 2.09. The lowest BCUT2D eigenvalue weighted by Gasteiger charge is -2.02. The lowest BCUT2D eigenvalue weighted by atomic mass is 10.4. The lowest BCUT2D eigenvalue weighted by Crippen LogP contribution is -2.07. The normalized spacial score (nSPS) is 10.3. The van der Waals surface area contributed by atoms with Crippen LogP contribution in [-0.2, 0) is 11.3 Å². The summed E-state index contributed by atoms with van der Waals surface area (Å²) < 4.78 is 5.18. The largest absolute Gasteiger partial charge is 0.477 e. The van der Waals surface area contributed by atoms with E-state index in [-0.39, 0.29) is 23.3 Å². The Morgan fingerprint density at radius 2 is 2.33 bits per heavy atom. The summed E-state index contributed by atoms with van der Waals surface area (Å²) in [6, 6.07) is 1.20. The third-order valence-corrected chi connectivity index (χ3v) is 1.73. The van der Waals surface area contributed by atoms with Crippen molar-refractivity contribution in [1.29, 1.82) is 0 Å². The quantitative estimate of drug-likeness (QED) is 0.616. The van der Waals surface area contributed by atoms with Gasteiger partial charge in [0, 0.05) is 12.7 Å². The fourth-order valence-electron chi connectivity index (χ4n) is 0.947. The average molecular weight is 231 g/mol. The first-order valence-electron chi connectivity index (χ1n) is 4.48. The van der Waals surface area contributed by atoms with E-state index in [4.69, 9.17) is 21.4 Å². The van der Waals surface area contributed by atoms with Crippen molar-refractivity contribution in [2.75, 3.05) is 6.61 Å². The van der Waals surface area contributed by atoms with Gasteiger partial charge in [-0.1, -0.05) is 18.5 Å². The van der Waals surface area contributed by atoms with Gasteiger partial charge in [0.15, 0.2) is 11.5 Å². The van der Waals surface area contributed by atoms with Gasteiger partial charge in [-0.2, -0.15) is 0 Å². The molecule has 82 valence electrons. The highest BCUT2D eigenvalue weighted by Crippen LogP contribution is 2.08. The third kappa shape index (κ3) is 3.81. The Hall–Kier alpha value is -1.20. The summed E-state index contributed by atoms with van der Waals surface area (Å²) in [5.74, 6) is -0.843. The van der Waals surface area contributed by atoms with E-state index in [0.29, 0.717) is 6.61 Å². The highest BCUT2D eigenvalue weighted by atomic mass is 35.5. The van der Waals surface area contributed by atoms with Gasteiger partial charge >= 0.3 is 5.97 Å². The van der Waals surface area contributed by atoms with Crippen molar-refractivity contribution in [1.82, 2.24) is 9.97 Å². The maximum Gasteiger partial charge on any atom is 0.354 e. The Balaban J connectivity index is 2.75. The Bertz CT molecular complexity index is 357. The number of carboxylic acid groups (broad SMARTS) is 1. The van der Waals surface area contributed by atoms with E-state index < -0.39 is 5.97 Å². The summed E-state index contributed by atoms with van der Waals surface area (Å²) in [5.41, 5.74) is -0.120. The van der Waals surface area contributed by atoms with Crippen LogP contribution in [0, 0.1) is 0 Å². The summed E-state index contributed by atoms with van der Waals surface area (Å²) in [4.78, 5) is 18.3. The second kappa shape index (κ2) is 5.63. The number of hydrogen-bond donors (Lipinski definition) is 1. The Morgan fingerprint density at radius 3 is 2.93 bits per heavy atom. The SMILES string of the molecule is CCCOCc1nc(Cl)cc(C(=O)O)n1. The zero-order chi connectivity index (χ0) is 11.3. The highest BCUT2D eigenvalue weighted by molar-refractivity contribution is 6.29. The van der Waals surface area contributed by atoms with Crippen LogP contribution in [0.5, 0.6) is 0 Å². The maximum atomic E-state index is 10.6. The molecule has 1 aromatic rings. The van der Waals surface area contributed by atoms with Gasteiger partial charge in [0.2, 0.25) is 0 Å². The van der Waals surface area contributed by atoms with Crippen LogP contribution in [0.4, 0.5) is 0 Å². The van der Waals surface area contributed by atoms with Crippen LogP contribution in [0.2, 0.25) is 5.15 Å². The number of aromatic carboxylic acids is 1. The number of rotatable bonds is 5. The van der Waals surface area contributed by atoms with Gasteiger partial charge in [-0.05, 0) is 6.42 Å². The Labute approximate surface area is 92.1 Å². The van der Waals surface area contributed by atoms with Crippen molar-refractivity contribution in [3.8, 4) is 0 Å². The summed E-state index contributed by atoms with van der Waals surface area (Å²) in [6.07, 6.45) is 0.881. The molecule has 1 heterocycles. The van der Waals surface area contributed by atoms with Gasteiger partial charge in [-0.25, -0.2) is 14.8 Å². The molecule has 0 amide bonds. The molecule has 1 aromatic heterocycles. The molecule has 0 saturated carbocycles. The first-order valence-corrected chi connectivity index (χ1v) is 4.85. The average Bonchev–Trinajstić information content (AvgIpc) is 2.17. The van der Waals surface area contributed by atoms with E-state index in [0.717, 1.165) is 6.42 Å². The zero-order valence-electron chi connectivity index (χ0n) is 8.23. The molecule has 0 aromatic carbocycles. The topological polar surface area (TPSA) is 72.3 Å². The molecule has 5 nitrogen and oxygen atoms in total. The van der Waals surface area contributed by atoms with Crippen molar-refractivity contribution in [2.24, 2.45) is 0 Å². The number of ether oxygens (including phenoxy) is 1. The number of halogens is 1. The van der Waals surface area contributed by atoms with E-state index >= 15 is 0 Å². The first kappa shape index (κ1) is 11.9. The molecule has 15 heavy (non-hydrogen) atoms. The molecule has 1 rings (SSSR count). The molecule has 0 fully saturated rings. The predicted octanol–water partition coefficient (Wildman–Crippen LogP) is 1.75. The van der Waals surface area contributed by atoms with Crippen LogP contribution in [0.3, 0.4) is 0 Å². The number of hydrogen-bond acceptors (Lipinski definition) is 4. The lowest BCUT2D eigenvalue weighted by molar-refractivity contribution is 0.0688. The third-order valence-electron chi connectivity index (χ3n) is 1.54. The van der Waals surface area contributed by atoms with Gasteiger partial charge < -0.3 is 9.84 Å². The predicted molar refractivity (Wildman–Crippen MR) is 53.9 cm³/mol. The van der Waals surface area contributed by atoms with Crippen LogP contribution in [0.25, 0.3) is 0 Å². The molecule has 0 aliphatic heterocycles. The van der Waals surface area contributed by atoms with Gasteiger partial charge in [0.05, 0.1) is 0 Å². The van der Waals surface area contributed by atoms with Gasteiger partial charge in [0.1, 0.15) is 11.8 Å². The van der Waals surface area contributed by atoms with Crippen LogP contribution in [0.1, 0.15) is 29.7 Å². The van der Waals surface area contributed by atoms with Crippen molar-refractivity contribution in [2.45, 2.75) is 20.0 Å². The summed E-state index contributed by atoms with van der Waals surface area (Å²) in [5, 5.41) is 8.82. The van der Waals surface area contributed by atoms with Crippen molar-refractivity contribution < 1.29 is 14.6 Å². The Kier molecular flexibility index (Phi) is 4.45. The van der Waals surface area contributed by atoms with Gasteiger partial charge in [-0.3, -0.25) is 0 Å². The second-order valence-electron chi connectivity index (χ2n) is 2.85. The number of aromatic nitrogens is 2. The summed E-state index contributed by atoms with van der Waals surface area (Å²) >= 11 is 5.64. The molecule has 0 aliphatic carbocycles. The van der Waals surface area contributed by atoms with E-state index in [1.54, 1.807) is 0 Å². The second-order valence-corrected chi connectivity index (χ2v) is 3.24. The number of carbonyl (C=O) groups is 1. The minimum atomic E-state index is -1.13. The molecular formula is C9H11ClN2O3. The molecule has 0 saturated heterocycles. The summed E-state index contributed by atoms with van der Waals surface area (Å²) in [7, 11) is 0. The molecule has 0 unspecified atom stereocenters. The monoisotopic (exact) mass is 230 g/mol. The van der Waals surface area contributed by atoms with Crippen LogP contribution in [-0.4, -0.2) is 27.7 Å². The van der Waals surface area contributed by atoms with E-state index in [9.17, 15) is 4.79 Å². The van der Waals surface area contributed by atoms with Crippen LogP contribution < -0.4 is 0 Å². The van der Waals surface area contributed by atoms with Crippen LogP contribution >= 0.6 is 11.6 Å². The van der Waals surface area contributed by atoms with Crippen LogP contribution in [0.15, 0.2) is 6.07 Å². The minimum absolute atomic E-state index is 0.109. The van der Waals surface area contributed by atoms with Crippen molar-refractivity contribution in [3.05, 3.63) is 22.7 Å². The number of carboxylic acids is 1.